The van der Waals surface area contributed by atoms with Crippen molar-refractivity contribution in [3.8, 4) is 0 Å². The summed E-state index contributed by atoms with van der Waals surface area (Å²) in [4.78, 5) is 28.7. The highest BCUT2D eigenvalue weighted by molar-refractivity contribution is 7.99. The Morgan fingerprint density at radius 2 is 2.08 bits per heavy atom. The second-order valence-corrected chi connectivity index (χ2v) is 7.06. The van der Waals surface area contributed by atoms with E-state index in [4.69, 9.17) is 0 Å². The van der Waals surface area contributed by atoms with Gasteiger partial charge in [0.2, 0.25) is 11.8 Å². The van der Waals surface area contributed by atoms with E-state index in [-0.39, 0.29) is 11.8 Å². The molecule has 0 aliphatic carbocycles. The highest BCUT2D eigenvalue weighted by Gasteiger charge is 2.33. The number of anilines is 2. The molecule has 1 atom stereocenters. The van der Waals surface area contributed by atoms with E-state index in [0.29, 0.717) is 11.6 Å². The van der Waals surface area contributed by atoms with Crippen molar-refractivity contribution in [2.45, 2.75) is 25.8 Å². The van der Waals surface area contributed by atoms with Gasteiger partial charge in [-0.05, 0) is 44.0 Å². The Kier molecular flexibility index (Phi) is 5.45. The van der Waals surface area contributed by atoms with Gasteiger partial charge >= 0.3 is 0 Å². The molecule has 1 aromatic carbocycles. The maximum absolute atomic E-state index is 12.6. The molecule has 1 N–H and O–H groups in total. The standard InChI is InChI=1S/C18H23N3O2S/c1-2-6-17(22)21-13-24-12-16(21)18(23)19-14-7-5-8-15(11-14)20-9-3-4-10-20/h2,5-8,11,16H,3-4,9-10,12-13H2,1H3,(H,19,23)/b6-2+. The van der Waals surface area contributed by atoms with Gasteiger partial charge < -0.3 is 15.1 Å². The quantitative estimate of drug-likeness (QED) is 0.853. The number of nitrogens with one attached hydrogen (secondary N) is 1. The van der Waals surface area contributed by atoms with Crippen LogP contribution in [-0.2, 0) is 9.59 Å². The van der Waals surface area contributed by atoms with Crippen LogP contribution in [0.2, 0.25) is 0 Å². The Labute approximate surface area is 147 Å². The van der Waals surface area contributed by atoms with E-state index in [2.05, 4.69) is 16.3 Å². The zero-order valence-electron chi connectivity index (χ0n) is 13.9. The fourth-order valence-corrected chi connectivity index (χ4v) is 4.26. The van der Waals surface area contributed by atoms with Crippen molar-refractivity contribution in [3.05, 3.63) is 36.4 Å². The molecule has 128 valence electrons. The minimum Gasteiger partial charge on any atom is -0.371 e. The first kappa shape index (κ1) is 16.9. The van der Waals surface area contributed by atoms with Crippen molar-refractivity contribution < 1.29 is 9.59 Å². The molecule has 0 aromatic heterocycles. The molecule has 5 nitrogen and oxygen atoms in total. The van der Waals surface area contributed by atoms with Gasteiger partial charge in [0.1, 0.15) is 6.04 Å². The number of thioether (sulfide) groups is 1. The molecule has 2 aliphatic rings. The molecule has 2 fully saturated rings. The SMILES string of the molecule is C/C=C/C(=O)N1CSCC1C(=O)Nc1cccc(N2CCCC2)c1. The van der Waals surface area contributed by atoms with Crippen molar-refractivity contribution in [2.24, 2.45) is 0 Å². The second-order valence-electron chi connectivity index (χ2n) is 6.06. The van der Waals surface area contributed by atoms with Crippen LogP contribution in [0.3, 0.4) is 0 Å². The molecule has 2 amide bonds. The van der Waals surface area contributed by atoms with Crippen LogP contribution >= 0.6 is 11.8 Å². The van der Waals surface area contributed by atoms with E-state index in [1.807, 2.05) is 18.2 Å². The Hall–Kier alpha value is -1.95. The lowest BCUT2D eigenvalue weighted by Gasteiger charge is -2.22. The predicted octanol–water partition coefficient (Wildman–Crippen LogP) is 2.70. The lowest BCUT2D eigenvalue weighted by molar-refractivity contribution is -0.132. The lowest BCUT2D eigenvalue weighted by Crippen LogP contribution is -2.43. The molecule has 2 aliphatic heterocycles. The van der Waals surface area contributed by atoms with Crippen LogP contribution < -0.4 is 10.2 Å². The van der Waals surface area contributed by atoms with Crippen LogP contribution in [0.4, 0.5) is 11.4 Å². The summed E-state index contributed by atoms with van der Waals surface area (Å²) in [5.74, 6) is 0.987. The number of hydrogen-bond acceptors (Lipinski definition) is 4. The first-order chi connectivity index (χ1) is 11.7. The monoisotopic (exact) mass is 345 g/mol. The molecular formula is C18H23N3O2S. The molecular weight excluding hydrogens is 322 g/mol. The van der Waals surface area contributed by atoms with Gasteiger partial charge in [-0.3, -0.25) is 9.59 Å². The topological polar surface area (TPSA) is 52.7 Å². The molecule has 0 spiro atoms. The van der Waals surface area contributed by atoms with Gasteiger partial charge in [0.05, 0.1) is 5.88 Å². The smallest absolute Gasteiger partial charge is 0.248 e. The fraction of sp³-hybridized carbons (Fsp3) is 0.444. The van der Waals surface area contributed by atoms with Crippen molar-refractivity contribution in [1.82, 2.24) is 4.90 Å². The third-order valence-electron chi connectivity index (χ3n) is 4.36. The summed E-state index contributed by atoms with van der Waals surface area (Å²) >= 11 is 1.61. The van der Waals surface area contributed by atoms with Gasteiger partial charge in [0.25, 0.3) is 0 Å². The van der Waals surface area contributed by atoms with Gasteiger partial charge in [-0.1, -0.05) is 12.1 Å². The predicted molar refractivity (Wildman–Crippen MR) is 99.3 cm³/mol. The average Bonchev–Trinajstić information content (AvgIpc) is 3.27. The molecule has 3 rings (SSSR count). The molecule has 1 unspecified atom stereocenters. The molecule has 24 heavy (non-hydrogen) atoms. The van der Waals surface area contributed by atoms with E-state index >= 15 is 0 Å². The van der Waals surface area contributed by atoms with Crippen molar-refractivity contribution in [2.75, 3.05) is 34.9 Å². The Morgan fingerprint density at radius 1 is 1.29 bits per heavy atom. The first-order valence-corrected chi connectivity index (χ1v) is 9.51. The minimum absolute atomic E-state index is 0.103. The van der Waals surface area contributed by atoms with Crippen LogP contribution in [-0.4, -0.2) is 47.5 Å². The van der Waals surface area contributed by atoms with Gasteiger partial charge in [-0.25, -0.2) is 0 Å². The number of rotatable bonds is 4. The normalized spacial score (nSPS) is 20.8. The zero-order chi connectivity index (χ0) is 16.9. The Bertz CT molecular complexity index is 641. The van der Waals surface area contributed by atoms with Crippen LogP contribution in [0.15, 0.2) is 36.4 Å². The highest BCUT2D eigenvalue weighted by Crippen LogP contribution is 2.25. The number of carbonyl (C=O) groups is 2. The van der Waals surface area contributed by atoms with Gasteiger partial charge in [-0.15, -0.1) is 11.8 Å². The van der Waals surface area contributed by atoms with Crippen molar-refractivity contribution in [3.63, 3.8) is 0 Å². The van der Waals surface area contributed by atoms with Crippen molar-refractivity contribution >= 4 is 35.0 Å². The third-order valence-corrected chi connectivity index (χ3v) is 5.37. The van der Waals surface area contributed by atoms with Crippen LogP contribution in [0.1, 0.15) is 19.8 Å². The zero-order valence-corrected chi connectivity index (χ0v) is 14.7. The van der Waals surface area contributed by atoms with E-state index in [1.165, 1.54) is 18.9 Å². The first-order valence-electron chi connectivity index (χ1n) is 8.36. The Balaban J connectivity index is 1.68. The van der Waals surface area contributed by atoms with E-state index in [1.54, 1.807) is 29.7 Å². The minimum atomic E-state index is -0.408. The van der Waals surface area contributed by atoms with Gasteiger partial charge in [0, 0.05) is 30.2 Å². The summed E-state index contributed by atoms with van der Waals surface area (Å²) in [6.45, 7) is 3.95. The Morgan fingerprint density at radius 3 is 2.83 bits per heavy atom. The number of nitrogens with zero attached hydrogens (tertiary/aromatic N) is 2. The molecule has 6 heteroatoms. The summed E-state index contributed by atoms with van der Waals surface area (Å²) in [7, 11) is 0. The molecule has 0 bridgehead atoms. The number of hydrogen-bond donors (Lipinski definition) is 1. The largest absolute Gasteiger partial charge is 0.371 e. The maximum Gasteiger partial charge on any atom is 0.248 e. The molecule has 2 saturated heterocycles. The maximum atomic E-state index is 12.6. The number of benzene rings is 1. The third kappa shape index (κ3) is 3.75. The molecule has 2 heterocycles. The summed E-state index contributed by atoms with van der Waals surface area (Å²) in [6.07, 6.45) is 5.66. The highest BCUT2D eigenvalue weighted by atomic mass is 32.2. The van der Waals surface area contributed by atoms with Crippen LogP contribution in [0.5, 0.6) is 0 Å². The number of carbonyl (C=O) groups excluding carboxylic acids is 2. The van der Waals surface area contributed by atoms with Crippen LogP contribution in [0.25, 0.3) is 0 Å². The number of allylic oxidation sites excluding steroid dienone is 1. The van der Waals surface area contributed by atoms with Crippen molar-refractivity contribution in [1.29, 1.82) is 0 Å². The van der Waals surface area contributed by atoms with E-state index in [0.717, 1.165) is 24.5 Å². The summed E-state index contributed by atoms with van der Waals surface area (Å²) in [6, 6.07) is 7.55. The molecule has 1 aromatic rings. The van der Waals surface area contributed by atoms with Crippen LogP contribution in [0, 0.1) is 0 Å². The van der Waals surface area contributed by atoms with Gasteiger partial charge in [0.15, 0.2) is 0 Å². The lowest BCUT2D eigenvalue weighted by atomic mass is 10.2. The van der Waals surface area contributed by atoms with E-state index in [9.17, 15) is 9.59 Å². The van der Waals surface area contributed by atoms with Gasteiger partial charge in [-0.2, -0.15) is 0 Å². The number of amides is 2. The summed E-state index contributed by atoms with van der Waals surface area (Å²) < 4.78 is 0. The fourth-order valence-electron chi connectivity index (χ4n) is 3.10. The summed E-state index contributed by atoms with van der Waals surface area (Å²) in [5.41, 5.74) is 1.94. The average molecular weight is 345 g/mol. The summed E-state index contributed by atoms with van der Waals surface area (Å²) in [5, 5.41) is 2.98. The second kappa shape index (κ2) is 7.75. The molecule has 0 radical (unpaired) electrons. The molecule has 0 saturated carbocycles. The van der Waals surface area contributed by atoms with E-state index < -0.39 is 6.04 Å².